The van der Waals surface area contributed by atoms with Crippen molar-refractivity contribution < 1.29 is 23.8 Å². The van der Waals surface area contributed by atoms with E-state index >= 15 is 0 Å². The van der Waals surface area contributed by atoms with Gasteiger partial charge in [-0.2, -0.15) is 0 Å². The third-order valence-corrected chi connectivity index (χ3v) is 4.58. The van der Waals surface area contributed by atoms with E-state index in [1.54, 1.807) is 11.0 Å². The standard InChI is InChI=1S/C20H24FN5O4/c1-25(2)11-13-6-8-26(12-13)19(27)24-18-10-15(5-7-22-18)30-14-3-4-17(16(21)9-14)23-20(28)29/h3-5,7,9-10,13,23H,6,8,11-12H2,1-2H3,(H,28,29)(H,22,24,27)/t13-/m0/s1. The topological polar surface area (TPSA) is 107 Å². The van der Waals surface area contributed by atoms with Crippen molar-refractivity contribution in [3.63, 3.8) is 0 Å². The van der Waals surface area contributed by atoms with Crippen LogP contribution in [0, 0.1) is 11.7 Å². The van der Waals surface area contributed by atoms with Gasteiger partial charge in [0.15, 0.2) is 5.82 Å². The molecule has 1 fully saturated rings. The minimum Gasteiger partial charge on any atom is -0.465 e. The molecular formula is C20H24FN5O4. The lowest BCUT2D eigenvalue weighted by Crippen LogP contribution is -2.34. The van der Waals surface area contributed by atoms with Crippen molar-refractivity contribution in [2.45, 2.75) is 6.42 Å². The van der Waals surface area contributed by atoms with Crippen LogP contribution in [0.25, 0.3) is 0 Å². The lowest BCUT2D eigenvalue weighted by molar-refractivity contribution is 0.209. The third-order valence-electron chi connectivity index (χ3n) is 4.58. The van der Waals surface area contributed by atoms with Crippen molar-refractivity contribution >= 4 is 23.6 Å². The molecule has 3 N–H and O–H groups in total. The van der Waals surface area contributed by atoms with Crippen molar-refractivity contribution in [3.05, 3.63) is 42.3 Å². The molecule has 1 saturated heterocycles. The molecule has 160 valence electrons. The number of benzene rings is 1. The highest BCUT2D eigenvalue weighted by atomic mass is 19.1. The fourth-order valence-corrected chi connectivity index (χ4v) is 3.33. The van der Waals surface area contributed by atoms with E-state index in [1.165, 1.54) is 24.4 Å². The Bertz CT molecular complexity index is 924. The summed E-state index contributed by atoms with van der Waals surface area (Å²) in [5.74, 6) is 0.530. The molecule has 0 aliphatic carbocycles. The van der Waals surface area contributed by atoms with Crippen molar-refractivity contribution in [1.29, 1.82) is 0 Å². The van der Waals surface area contributed by atoms with E-state index < -0.39 is 11.9 Å². The quantitative estimate of drug-likeness (QED) is 0.664. The highest BCUT2D eigenvalue weighted by Crippen LogP contribution is 2.27. The van der Waals surface area contributed by atoms with Gasteiger partial charge in [-0.3, -0.25) is 10.6 Å². The number of aromatic nitrogens is 1. The minimum absolute atomic E-state index is 0.171. The zero-order valence-electron chi connectivity index (χ0n) is 16.8. The van der Waals surface area contributed by atoms with Gasteiger partial charge in [0, 0.05) is 38.0 Å². The number of rotatable bonds is 6. The summed E-state index contributed by atoms with van der Waals surface area (Å²) in [6, 6.07) is 6.64. The van der Waals surface area contributed by atoms with Crippen LogP contribution in [0.4, 0.5) is 25.5 Å². The van der Waals surface area contributed by atoms with Crippen LogP contribution in [0.3, 0.4) is 0 Å². The lowest BCUT2D eigenvalue weighted by atomic mass is 10.1. The summed E-state index contributed by atoms with van der Waals surface area (Å²) in [4.78, 5) is 31.1. The Morgan fingerprint density at radius 2 is 2.03 bits per heavy atom. The largest absolute Gasteiger partial charge is 0.465 e. The minimum atomic E-state index is -1.36. The molecule has 10 heteroatoms. The maximum Gasteiger partial charge on any atom is 0.409 e. The van der Waals surface area contributed by atoms with Gasteiger partial charge >= 0.3 is 12.1 Å². The number of halogens is 1. The number of carbonyl (C=O) groups is 2. The van der Waals surface area contributed by atoms with Crippen LogP contribution in [0.15, 0.2) is 36.5 Å². The SMILES string of the molecule is CN(C)C[C@@H]1CCN(C(=O)Nc2cc(Oc3ccc(NC(=O)O)c(F)c3)ccn2)C1. The molecule has 1 aliphatic rings. The second-order valence-electron chi connectivity index (χ2n) is 7.34. The normalized spacial score (nSPS) is 15.9. The summed E-state index contributed by atoms with van der Waals surface area (Å²) < 4.78 is 19.6. The number of hydrogen-bond acceptors (Lipinski definition) is 5. The zero-order chi connectivity index (χ0) is 21.7. The maximum absolute atomic E-state index is 14.0. The summed E-state index contributed by atoms with van der Waals surface area (Å²) in [5.41, 5.74) is -0.171. The summed E-state index contributed by atoms with van der Waals surface area (Å²) in [5, 5.41) is 13.4. The van der Waals surface area contributed by atoms with Gasteiger partial charge in [-0.15, -0.1) is 0 Å². The summed E-state index contributed by atoms with van der Waals surface area (Å²) in [7, 11) is 4.03. The van der Waals surface area contributed by atoms with Crippen LogP contribution in [-0.2, 0) is 0 Å². The first kappa shape index (κ1) is 21.3. The zero-order valence-corrected chi connectivity index (χ0v) is 16.8. The third kappa shape index (κ3) is 5.80. The van der Waals surface area contributed by atoms with Crippen molar-refractivity contribution in [1.82, 2.24) is 14.8 Å². The highest BCUT2D eigenvalue weighted by Gasteiger charge is 2.26. The van der Waals surface area contributed by atoms with E-state index in [0.717, 1.165) is 19.0 Å². The van der Waals surface area contributed by atoms with Gasteiger partial charge in [0.25, 0.3) is 0 Å². The smallest absolute Gasteiger partial charge is 0.409 e. The number of amides is 3. The first-order chi connectivity index (χ1) is 14.3. The first-order valence-corrected chi connectivity index (χ1v) is 9.44. The van der Waals surface area contributed by atoms with Gasteiger partial charge in [-0.05, 0) is 44.6 Å². The predicted molar refractivity (Wildman–Crippen MR) is 110 cm³/mol. The van der Waals surface area contributed by atoms with E-state index in [9.17, 15) is 14.0 Å². The molecule has 0 saturated carbocycles. The second-order valence-corrected chi connectivity index (χ2v) is 7.34. The van der Waals surface area contributed by atoms with E-state index in [-0.39, 0.29) is 17.5 Å². The predicted octanol–water partition coefficient (Wildman–Crippen LogP) is 3.52. The van der Waals surface area contributed by atoms with Crippen molar-refractivity contribution in [3.8, 4) is 11.5 Å². The lowest BCUT2D eigenvalue weighted by Gasteiger charge is -2.19. The van der Waals surface area contributed by atoms with Crippen LogP contribution in [0.2, 0.25) is 0 Å². The average Bonchev–Trinajstić information content (AvgIpc) is 3.12. The van der Waals surface area contributed by atoms with Gasteiger partial charge in [0.2, 0.25) is 0 Å². The molecule has 1 aromatic heterocycles. The van der Waals surface area contributed by atoms with Gasteiger partial charge < -0.3 is 19.6 Å². The van der Waals surface area contributed by atoms with Crippen LogP contribution in [0.5, 0.6) is 11.5 Å². The first-order valence-electron chi connectivity index (χ1n) is 9.44. The number of hydrogen-bond donors (Lipinski definition) is 3. The number of nitrogens with zero attached hydrogens (tertiary/aromatic N) is 3. The van der Waals surface area contributed by atoms with Crippen molar-refractivity contribution in [2.24, 2.45) is 5.92 Å². The molecule has 0 unspecified atom stereocenters. The molecule has 3 amide bonds. The van der Waals surface area contributed by atoms with Gasteiger partial charge in [-0.1, -0.05) is 0 Å². The number of urea groups is 1. The molecule has 2 aromatic rings. The number of carbonyl (C=O) groups excluding carboxylic acids is 1. The molecule has 30 heavy (non-hydrogen) atoms. The average molecular weight is 417 g/mol. The van der Waals surface area contributed by atoms with E-state index in [1.807, 2.05) is 19.4 Å². The summed E-state index contributed by atoms with van der Waals surface area (Å²) in [6.07, 6.45) is 1.07. The van der Waals surface area contributed by atoms with Crippen LogP contribution >= 0.6 is 0 Å². The van der Waals surface area contributed by atoms with Crippen LogP contribution in [-0.4, -0.2) is 65.7 Å². The molecule has 1 aromatic carbocycles. The molecule has 1 atom stereocenters. The van der Waals surface area contributed by atoms with Crippen LogP contribution in [0.1, 0.15) is 6.42 Å². The molecule has 1 aliphatic heterocycles. The number of anilines is 2. The van der Waals surface area contributed by atoms with Gasteiger partial charge in [-0.25, -0.2) is 19.0 Å². The van der Waals surface area contributed by atoms with E-state index in [0.29, 0.717) is 30.6 Å². The van der Waals surface area contributed by atoms with Crippen LogP contribution < -0.4 is 15.4 Å². The monoisotopic (exact) mass is 417 g/mol. The Morgan fingerprint density at radius 3 is 2.73 bits per heavy atom. The number of carboxylic acid groups (broad SMARTS) is 1. The fourth-order valence-electron chi connectivity index (χ4n) is 3.33. The Labute approximate surface area is 173 Å². The Kier molecular flexibility index (Phi) is 6.68. The molecule has 9 nitrogen and oxygen atoms in total. The molecule has 0 bridgehead atoms. The van der Waals surface area contributed by atoms with Gasteiger partial charge in [0.05, 0.1) is 5.69 Å². The molecule has 3 rings (SSSR count). The maximum atomic E-state index is 14.0. The van der Waals surface area contributed by atoms with E-state index in [4.69, 9.17) is 9.84 Å². The second kappa shape index (κ2) is 9.40. The molecule has 2 heterocycles. The van der Waals surface area contributed by atoms with E-state index in [2.05, 4.69) is 15.2 Å². The number of pyridine rings is 1. The Hall–Kier alpha value is -3.40. The molecule has 0 spiro atoms. The highest BCUT2D eigenvalue weighted by molar-refractivity contribution is 5.88. The molecule has 0 radical (unpaired) electrons. The van der Waals surface area contributed by atoms with Crippen molar-refractivity contribution in [2.75, 3.05) is 44.4 Å². The number of likely N-dealkylation sites (tertiary alicyclic amines) is 1. The summed E-state index contributed by atoms with van der Waals surface area (Å²) in [6.45, 7) is 2.31. The number of nitrogens with one attached hydrogen (secondary N) is 2. The molecular weight excluding hydrogens is 393 g/mol. The Morgan fingerprint density at radius 1 is 1.27 bits per heavy atom. The Balaban J connectivity index is 1.60. The summed E-state index contributed by atoms with van der Waals surface area (Å²) >= 11 is 0. The number of ether oxygens (including phenoxy) is 1. The van der Waals surface area contributed by atoms with Gasteiger partial charge in [0.1, 0.15) is 17.3 Å². The fraction of sp³-hybridized carbons (Fsp3) is 0.350.